The molecular weight excluding hydrogens is 294 g/mol. The van der Waals surface area contributed by atoms with Gasteiger partial charge in [-0.15, -0.1) is 5.10 Å². The Morgan fingerprint density at radius 1 is 1.06 bits per heavy atom. The lowest BCUT2D eigenvalue weighted by atomic mass is 10.2. The van der Waals surface area contributed by atoms with Gasteiger partial charge in [-0.1, -0.05) is 34.1 Å². The van der Waals surface area contributed by atoms with Gasteiger partial charge in [0.1, 0.15) is 0 Å². The summed E-state index contributed by atoms with van der Waals surface area (Å²) in [5.41, 5.74) is 0.931. The molecule has 0 unspecified atom stereocenters. The summed E-state index contributed by atoms with van der Waals surface area (Å²) in [5, 5.41) is 11.7. The first-order valence-electron chi connectivity index (χ1n) is 5.30. The molecule has 2 aromatic heterocycles. The van der Waals surface area contributed by atoms with Crippen molar-refractivity contribution in [2.75, 3.05) is 0 Å². The van der Waals surface area contributed by atoms with Crippen LogP contribution in [0.25, 0.3) is 17.2 Å². The molecule has 5 nitrogen and oxygen atoms in total. The summed E-state index contributed by atoms with van der Waals surface area (Å²) in [6, 6.07) is 13.4. The van der Waals surface area contributed by atoms with Crippen molar-refractivity contribution in [1.29, 1.82) is 0 Å². The average molecular weight is 302 g/mol. The Kier molecular flexibility index (Phi) is 2.85. The van der Waals surface area contributed by atoms with Crippen molar-refractivity contribution < 1.29 is 0 Å². The third-order valence-electron chi connectivity index (χ3n) is 2.42. The fraction of sp³-hybridized carbons (Fsp3) is 0. The lowest BCUT2D eigenvalue weighted by Crippen LogP contribution is -2.01. The zero-order valence-electron chi connectivity index (χ0n) is 9.23. The van der Waals surface area contributed by atoms with Crippen LogP contribution in [0, 0.1) is 0 Å². The molecule has 6 heteroatoms. The smallest absolute Gasteiger partial charge is 0.188 e. The van der Waals surface area contributed by atoms with Gasteiger partial charge in [0.2, 0.25) is 0 Å². The molecular formula is C12H8BrN5. The Labute approximate surface area is 112 Å². The van der Waals surface area contributed by atoms with E-state index in [2.05, 4.69) is 36.4 Å². The van der Waals surface area contributed by atoms with Crippen LogP contribution in [0.2, 0.25) is 0 Å². The molecule has 1 aromatic carbocycles. The van der Waals surface area contributed by atoms with E-state index in [1.54, 1.807) is 10.9 Å². The molecule has 0 aliphatic rings. The quantitative estimate of drug-likeness (QED) is 0.730. The molecule has 0 saturated carbocycles. The molecule has 3 aromatic rings. The SMILES string of the molecule is Brc1cccc(-c2nnnn2-c2ccccn2)c1. The maximum atomic E-state index is 4.24. The molecule has 0 saturated heterocycles. The highest BCUT2D eigenvalue weighted by Crippen LogP contribution is 2.21. The van der Waals surface area contributed by atoms with Gasteiger partial charge >= 0.3 is 0 Å². The highest BCUT2D eigenvalue weighted by Gasteiger charge is 2.11. The Hall–Kier alpha value is -2.08. The fourth-order valence-electron chi connectivity index (χ4n) is 1.63. The number of tetrazole rings is 1. The Bertz CT molecular complexity index is 665. The molecule has 0 aliphatic carbocycles. The van der Waals surface area contributed by atoms with Crippen LogP contribution in [0.1, 0.15) is 0 Å². The van der Waals surface area contributed by atoms with E-state index >= 15 is 0 Å². The number of pyridine rings is 1. The van der Waals surface area contributed by atoms with E-state index in [1.807, 2.05) is 42.5 Å². The largest absolute Gasteiger partial charge is 0.237 e. The zero-order chi connectivity index (χ0) is 12.4. The van der Waals surface area contributed by atoms with Gasteiger partial charge in [-0.05, 0) is 34.7 Å². The molecule has 0 spiro atoms. The van der Waals surface area contributed by atoms with Crippen LogP contribution in [0.4, 0.5) is 0 Å². The predicted octanol–water partition coefficient (Wildman–Crippen LogP) is 2.49. The lowest BCUT2D eigenvalue weighted by Gasteiger charge is -2.03. The lowest BCUT2D eigenvalue weighted by molar-refractivity contribution is 0.773. The van der Waals surface area contributed by atoms with Gasteiger partial charge in [0.25, 0.3) is 0 Å². The number of hydrogen-bond donors (Lipinski definition) is 0. The highest BCUT2D eigenvalue weighted by atomic mass is 79.9. The van der Waals surface area contributed by atoms with E-state index in [0.29, 0.717) is 11.6 Å². The second-order valence-electron chi connectivity index (χ2n) is 3.61. The Morgan fingerprint density at radius 3 is 2.78 bits per heavy atom. The van der Waals surface area contributed by atoms with Crippen molar-refractivity contribution in [2.45, 2.75) is 0 Å². The second kappa shape index (κ2) is 4.66. The maximum absolute atomic E-state index is 4.24. The van der Waals surface area contributed by atoms with E-state index in [9.17, 15) is 0 Å². The highest BCUT2D eigenvalue weighted by molar-refractivity contribution is 9.10. The van der Waals surface area contributed by atoms with Crippen molar-refractivity contribution in [2.24, 2.45) is 0 Å². The third-order valence-corrected chi connectivity index (χ3v) is 2.91. The van der Waals surface area contributed by atoms with Gasteiger partial charge in [-0.3, -0.25) is 0 Å². The third kappa shape index (κ3) is 2.02. The van der Waals surface area contributed by atoms with Gasteiger partial charge in [-0.25, -0.2) is 4.98 Å². The van der Waals surface area contributed by atoms with Gasteiger partial charge in [0.15, 0.2) is 11.6 Å². The van der Waals surface area contributed by atoms with E-state index in [-0.39, 0.29) is 0 Å². The average Bonchev–Trinajstić information content (AvgIpc) is 2.89. The maximum Gasteiger partial charge on any atom is 0.188 e. The number of aromatic nitrogens is 5. The van der Waals surface area contributed by atoms with Crippen LogP contribution >= 0.6 is 15.9 Å². The summed E-state index contributed by atoms with van der Waals surface area (Å²) in [7, 11) is 0. The molecule has 0 atom stereocenters. The number of rotatable bonds is 2. The summed E-state index contributed by atoms with van der Waals surface area (Å²) >= 11 is 3.44. The van der Waals surface area contributed by atoms with Crippen molar-refractivity contribution in [3.05, 3.63) is 53.1 Å². The van der Waals surface area contributed by atoms with Crippen molar-refractivity contribution in [1.82, 2.24) is 25.2 Å². The van der Waals surface area contributed by atoms with Crippen molar-refractivity contribution in [3.63, 3.8) is 0 Å². The van der Waals surface area contributed by atoms with Crippen LogP contribution in [0.5, 0.6) is 0 Å². The first kappa shape index (κ1) is 11.0. The van der Waals surface area contributed by atoms with E-state index in [4.69, 9.17) is 0 Å². The molecule has 0 amide bonds. The fourth-order valence-corrected chi connectivity index (χ4v) is 2.03. The molecule has 0 aliphatic heterocycles. The number of benzene rings is 1. The summed E-state index contributed by atoms with van der Waals surface area (Å²) < 4.78 is 2.59. The van der Waals surface area contributed by atoms with Crippen LogP contribution in [0.3, 0.4) is 0 Å². The summed E-state index contributed by atoms with van der Waals surface area (Å²) in [6.45, 7) is 0. The Balaban J connectivity index is 2.13. The summed E-state index contributed by atoms with van der Waals surface area (Å²) in [6.07, 6.45) is 1.71. The van der Waals surface area contributed by atoms with Gasteiger partial charge in [0, 0.05) is 16.2 Å². The van der Waals surface area contributed by atoms with E-state index in [1.165, 1.54) is 0 Å². The van der Waals surface area contributed by atoms with Crippen molar-refractivity contribution in [3.8, 4) is 17.2 Å². The van der Waals surface area contributed by atoms with Crippen LogP contribution < -0.4 is 0 Å². The predicted molar refractivity (Wildman–Crippen MR) is 70.1 cm³/mol. The van der Waals surface area contributed by atoms with Crippen LogP contribution in [-0.2, 0) is 0 Å². The molecule has 0 radical (unpaired) electrons. The number of hydrogen-bond acceptors (Lipinski definition) is 4. The first-order chi connectivity index (χ1) is 8.84. The number of halogens is 1. The van der Waals surface area contributed by atoms with Gasteiger partial charge in [-0.2, -0.15) is 4.68 Å². The topological polar surface area (TPSA) is 56.5 Å². The monoisotopic (exact) mass is 301 g/mol. The van der Waals surface area contributed by atoms with E-state index < -0.39 is 0 Å². The molecule has 2 heterocycles. The molecule has 88 valence electrons. The second-order valence-corrected chi connectivity index (χ2v) is 4.53. The van der Waals surface area contributed by atoms with E-state index in [0.717, 1.165) is 10.0 Å². The van der Waals surface area contributed by atoms with Crippen LogP contribution in [0.15, 0.2) is 53.1 Å². The molecule has 0 N–H and O–H groups in total. The standard InChI is InChI=1S/C12H8BrN5/c13-10-5-3-4-9(8-10)12-15-16-17-18(12)11-6-1-2-7-14-11/h1-8H. The number of nitrogens with zero attached hydrogens (tertiary/aromatic N) is 5. The molecule has 0 bridgehead atoms. The van der Waals surface area contributed by atoms with Gasteiger partial charge < -0.3 is 0 Å². The molecule has 3 rings (SSSR count). The normalized spacial score (nSPS) is 10.5. The molecule has 0 fully saturated rings. The Morgan fingerprint density at radius 2 is 2.00 bits per heavy atom. The first-order valence-corrected chi connectivity index (χ1v) is 6.09. The van der Waals surface area contributed by atoms with Gasteiger partial charge in [0.05, 0.1) is 0 Å². The minimum atomic E-state index is 0.662. The zero-order valence-corrected chi connectivity index (χ0v) is 10.8. The minimum absolute atomic E-state index is 0.662. The summed E-state index contributed by atoms with van der Waals surface area (Å²) in [5.74, 6) is 1.35. The molecule has 18 heavy (non-hydrogen) atoms. The van der Waals surface area contributed by atoms with Crippen LogP contribution in [-0.4, -0.2) is 25.2 Å². The summed E-state index contributed by atoms with van der Waals surface area (Å²) in [4.78, 5) is 4.24. The van der Waals surface area contributed by atoms with Crippen molar-refractivity contribution >= 4 is 15.9 Å². The minimum Gasteiger partial charge on any atom is -0.237 e.